The molecule has 5 aliphatic carbocycles. The van der Waals surface area contributed by atoms with Crippen LogP contribution in [0.5, 0.6) is 5.75 Å². The number of esters is 1. The smallest absolute Gasteiger partial charge is 0.330 e. The molecule has 2 saturated heterocycles. The first-order valence-electron chi connectivity index (χ1n) is 30.8. The molecule has 0 bridgehead atoms. The summed E-state index contributed by atoms with van der Waals surface area (Å²) in [4.78, 5) is 72.7. The standard InChI is InChI=1S/C24H28O4.C10H10N2O4.C10H20.C9H12.3C4H8.2C2H6.2CH4.2Y/c1-3-5-6-17-28-22-14-9-20(10-15-22)18-23(25)21-12-7-19(8-13-21)11-16-24(26)27-4-2;1-11-7(13)3-4(8(11)14)6-5(3)9(15)12(2)10(6)16;1-5-10-8(3)6-7(2)9(10)4;1-7-4-8(2)6-9(3)5-7;3*1-2-4-3-1;2*1-2;;;;/h7-16H,3-6,17-18H2,1-2H3;3-6H,1-2H3;7-10H,5-6H2,1-4H3;4-6H,1-3H3;3*1-4H2;2*1-2H3;2*1H4;;/b16-11+;;;;;;;;;;;;. The van der Waals surface area contributed by atoms with Crippen LogP contribution in [0.15, 0.2) is 72.8 Å². The van der Waals surface area contributed by atoms with Gasteiger partial charge in [0.25, 0.3) is 0 Å². The van der Waals surface area contributed by atoms with Gasteiger partial charge < -0.3 is 9.47 Å². The summed E-state index contributed by atoms with van der Waals surface area (Å²) in [6.45, 7) is 28.9. The Morgan fingerprint density at radius 2 is 0.952 bits per heavy atom. The van der Waals surface area contributed by atoms with E-state index in [4.69, 9.17) is 9.47 Å². The molecule has 0 spiro atoms. The number of carbonyl (C=O) groups excluding carboxylic acids is 6. The third kappa shape index (κ3) is 28.0. The minimum absolute atomic E-state index is 0. The molecule has 2 heterocycles. The van der Waals surface area contributed by atoms with Gasteiger partial charge in [-0.15, -0.1) is 0 Å². The van der Waals surface area contributed by atoms with Crippen molar-refractivity contribution in [2.75, 3.05) is 27.3 Å². The van der Waals surface area contributed by atoms with Crippen molar-refractivity contribution in [2.45, 2.75) is 220 Å². The predicted molar refractivity (Wildman–Crippen MR) is 339 cm³/mol. The molecule has 4 amide bonds. The predicted octanol–water partition coefficient (Wildman–Crippen LogP) is 17.7. The summed E-state index contributed by atoms with van der Waals surface area (Å²) >= 11 is 0. The van der Waals surface area contributed by atoms with Crippen LogP contribution in [0.4, 0.5) is 0 Å². The van der Waals surface area contributed by atoms with E-state index in [1.807, 2.05) is 64.1 Å². The Labute approximate surface area is 557 Å². The SMILES string of the molecule is C.C.C1CCC1.C1CCC1.C1CCC1.CC.CC.CCC1C(C)CC(C)C1C.CCCCCOc1ccc(CC(=O)c2ccc(/C=C/C(=O)OCC)cc2)cc1.CN1C(=O)C2C(C1=O)C1C(=O)N(C)C(=O)C21.Cc1cc(C)cc(C)c1.[Y].[Y]. The Hall–Kier alpha value is -3.17. The average Bonchev–Trinajstić information content (AvgIpc) is 3.80. The first kappa shape index (κ1) is 84.0. The second kappa shape index (κ2) is 47.0. The molecule has 83 heavy (non-hydrogen) atoms. The minimum atomic E-state index is -0.594. The number of nitrogens with zero attached hydrogens (tertiary/aromatic N) is 2. The van der Waals surface area contributed by atoms with Crippen LogP contribution in [0.1, 0.15) is 231 Å². The summed E-state index contributed by atoms with van der Waals surface area (Å²) < 4.78 is 10.5. The van der Waals surface area contributed by atoms with E-state index < -0.39 is 23.7 Å². The number of likely N-dealkylation sites (tertiary alicyclic amines) is 2. The fourth-order valence-corrected chi connectivity index (χ4v) is 10.4. The van der Waals surface area contributed by atoms with Crippen molar-refractivity contribution in [3.63, 3.8) is 0 Å². The maximum atomic E-state index is 12.5. The third-order valence-corrected chi connectivity index (χ3v) is 16.1. The number of carbonyl (C=O) groups is 6. The van der Waals surface area contributed by atoms with Gasteiger partial charge in [-0.05, 0) is 93.5 Å². The number of Topliss-reactive ketones (excluding diaryl/α,β-unsaturated/α-hetero) is 1. The van der Waals surface area contributed by atoms with Crippen LogP contribution in [0.3, 0.4) is 0 Å². The van der Waals surface area contributed by atoms with E-state index in [-0.39, 0.29) is 116 Å². The maximum absolute atomic E-state index is 12.5. The van der Waals surface area contributed by atoms with Gasteiger partial charge in [-0.25, -0.2) is 4.79 Å². The van der Waals surface area contributed by atoms with Crippen LogP contribution in [-0.2, 0) is 101 Å². The molecule has 2 aliphatic heterocycles. The molecule has 0 N–H and O–H groups in total. The fourth-order valence-electron chi connectivity index (χ4n) is 10.4. The maximum Gasteiger partial charge on any atom is 0.330 e. The van der Waals surface area contributed by atoms with Crippen LogP contribution in [0.25, 0.3) is 6.08 Å². The first-order chi connectivity index (χ1) is 37.9. The number of ketones is 1. The molecule has 3 aromatic carbocycles. The van der Waals surface area contributed by atoms with E-state index in [1.54, 1.807) is 25.1 Å². The van der Waals surface area contributed by atoms with Crippen LogP contribution in [0.2, 0.25) is 0 Å². The molecule has 2 radical (unpaired) electrons. The van der Waals surface area contributed by atoms with Gasteiger partial charge in [0.2, 0.25) is 23.6 Å². The molecule has 0 aromatic heterocycles. The number of ether oxygens (including phenoxy) is 2. The van der Waals surface area contributed by atoms with Crippen molar-refractivity contribution >= 4 is 41.5 Å². The zero-order valence-corrected chi connectivity index (χ0v) is 58.8. The Morgan fingerprint density at radius 1 is 0.566 bits per heavy atom. The van der Waals surface area contributed by atoms with Crippen molar-refractivity contribution in [1.29, 1.82) is 0 Å². The number of unbranched alkanes of at least 4 members (excludes halogenated alkanes) is 2. The zero-order chi connectivity index (χ0) is 59.0. The van der Waals surface area contributed by atoms with Gasteiger partial charge in [0.1, 0.15) is 5.75 Å². The van der Waals surface area contributed by atoms with Crippen molar-refractivity contribution in [3.05, 3.63) is 106 Å². The summed E-state index contributed by atoms with van der Waals surface area (Å²) in [5.41, 5.74) is 6.51. The Bertz CT molecular complexity index is 2130. The van der Waals surface area contributed by atoms with Gasteiger partial charge in [-0.1, -0.05) is 245 Å². The largest absolute Gasteiger partial charge is 0.494 e. The molecule has 4 atom stereocenters. The number of fused-ring (bicyclic) bond motifs is 4. The molecule has 4 unspecified atom stereocenters. The molecular formula is C71H114N2O8Y2. The molecule has 7 aliphatic rings. The molecule has 5 saturated carbocycles. The number of hydrogen-bond donors (Lipinski definition) is 0. The van der Waals surface area contributed by atoms with Gasteiger partial charge in [0.05, 0.1) is 36.9 Å². The van der Waals surface area contributed by atoms with E-state index >= 15 is 0 Å². The first-order valence-corrected chi connectivity index (χ1v) is 30.8. The van der Waals surface area contributed by atoms with Crippen molar-refractivity contribution in [3.8, 4) is 5.75 Å². The van der Waals surface area contributed by atoms with Gasteiger partial charge in [0, 0.05) is 97.6 Å². The second-order valence-electron chi connectivity index (χ2n) is 22.1. The van der Waals surface area contributed by atoms with E-state index in [1.165, 1.54) is 140 Å². The molecule has 12 heteroatoms. The third-order valence-electron chi connectivity index (χ3n) is 16.1. The zero-order valence-electron chi connectivity index (χ0n) is 53.1. The molecule has 3 aromatic rings. The van der Waals surface area contributed by atoms with E-state index in [2.05, 4.69) is 73.6 Å². The van der Waals surface area contributed by atoms with Gasteiger partial charge in [0.15, 0.2) is 5.78 Å². The van der Waals surface area contributed by atoms with E-state index in [0.29, 0.717) is 18.6 Å². The quantitative estimate of drug-likeness (QED) is 0.0577. The minimum Gasteiger partial charge on any atom is -0.494 e. The van der Waals surface area contributed by atoms with E-state index in [9.17, 15) is 28.8 Å². The van der Waals surface area contributed by atoms with E-state index in [0.717, 1.165) is 63.4 Å². The summed E-state index contributed by atoms with van der Waals surface area (Å²) in [5, 5.41) is 0. The average molecular weight is 1300 g/mol. The molecule has 7 fully saturated rings. The topological polar surface area (TPSA) is 127 Å². The summed E-state index contributed by atoms with van der Waals surface area (Å²) in [6, 6.07) is 21.4. The number of rotatable bonds is 12. The number of hydrogen-bond acceptors (Lipinski definition) is 8. The number of amides is 4. The number of benzene rings is 3. The van der Waals surface area contributed by atoms with Gasteiger partial charge >= 0.3 is 5.97 Å². The Balaban J connectivity index is -0.000000985. The molecule has 10 nitrogen and oxygen atoms in total. The normalized spacial score (nSPS) is 22.1. The van der Waals surface area contributed by atoms with Crippen LogP contribution < -0.4 is 4.74 Å². The van der Waals surface area contributed by atoms with Crippen LogP contribution in [-0.4, -0.2) is 72.5 Å². The van der Waals surface area contributed by atoms with Crippen molar-refractivity contribution < 1.29 is 104 Å². The Kier molecular flexibility index (Phi) is 47.6. The molecule has 10 rings (SSSR count). The van der Waals surface area contributed by atoms with Gasteiger partial charge in [-0.2, -0.15) is 0 Å². The summed E-state index contributed by atoms with van der Waals surface area (Å²) in [6.07, 6.45) is 27.6. The fraction of sp³-hybridized carbons (Fsp3) is 0.634. The second-order valence-corrected chi connectivity index (χ2v) is 22.1. The van der Waals surface area contributed by atoms with Crippen LogP contribution >= 0.6 is 0 Å². The number of imide groups is 2. The summed E-state index contributed by atoms with van der Waals surface area (Å²) in [5.74, 6) is 0.773. The van der Waals surface area contributed by atoms with Gasteiger partial charge in [-0.3, -0.25) is 33.8 Å². The van der Waals surface area contributed by atoms with Crippen molar-refractivity contribution in [1.82, 2.24) is 9.80 Å². The Morgan fingerprint density at radius 3 is 1.25 bits per heavy atom. The number of aryl methyl sites for hydroxylation is 3. The summed E-state index contributed by atoms with van der Waals surface area (Å²) in [7, 11) is 2.80. The van der Waals surface area contributed by atoms with Crippen molar-refractivity contribution in [2.24, 2.45) is 47.3 Å². The molecule has 462 valence electrons. The van der Waals surface area contributed by atoms with Crippen LogP contribution in [0, 0.1) is 68.1 Å². The molecular weight excluding hydrogens is 1190 g/mol. The monoisotopic (exact) mass is 1300 g/mol.